The molecule has 1 unspecified atom stereocenters. The van der Waals surface area contributed by atoms with Crippen molar-refractivity contribution in [3.05, 3.63) is 53.6 Å². The number of nitrogens with zero attached hydrogens (tertiary/aromatic N) is 4. The number of terminal acetylenes is 1. The van der Waals surface area contributed by atoms with E-state index in [1.807, 2.05) is 4.90 Å². The number of hydrogen-bond donors (Lipinski definition) is 2. The van der Waals surface area contributed by atoms with Crippen LogP contribution in [0.2, 0.25) is 0 Å². The van der Waals surface area contributed by atoms with Gasteiger partial charge in [-0.3, -0.25) is 0 Å². The first-order valence-corrected chi connectivity index (χ1v) is 15.9. The maximum atomic E-state index is 16.9. The second-order valence-electron chi connectivity index (χ2n) is 13.4. The first kappa shape index (κ1) is 30.6. The molecule has 1 aliphatic carbocycles. The third kappa shape index (κ3) is 5.30. The Morgan fingerprint density at radius 2 is 1.93 bits per heavy atom. The van der Waals surface area contributed by atoms with Crippen molar-refractivity contribution >= 4 is 27.5 Å². The standard InChI is InChI=1S/C36H38F2N4O4/c1-4-24-28(37)11-8-22-17-23(43)18-27(30(22)24)25-9-10-26-32(31(25)38)39-34(40-33(26)42-15-16-45-20-35(2,44)19-42)46-21-36-12-5-7-29(36)41(3)14-6-13-36/h1,8-11,17-18,29,43-44H,5-7,12-16,19-21H2,2-3H3/t29-,35?,36-/m1/s1. The maximum Gasteiger partial charge on any atom is 0.319 e. The second-order valence-corrected chi connectivity index (χ2v) is 13.4. The van der Waals surface area contributed by atoms with Gasteiger partial charge in [0, 0.05) is 34.3 Å². The lowest BCUT2D eigenvalue weighted by Gasteiger charge is -2.44. The van der Waals surface area contributed by atoms with E-state index < -0.39 is 17.2 Å². The number of likely N-dealkylation sites (tertiary alicyclic amines) is 1. The van der Waals surface area contributed by atoms with Gasteiger partial charge in [-0.15, -0.1) is 6.42 Å². The van der Waals surface area contributed by atoms with Gasteiger partial charge in [0.15, 0.2) is 5.82 Å². The summed E-state index contributed by atoms with van der Waals surface area (Å²) in [6.45, 7) is 4.30. The van der Waals surface area contributed by atoms with Crippen LogP contribution in [0, 0.1) is 29.4 Å². The lowest BCUT2D eigenvalue weighted by Crippen LogP contribution is -2.50. The van der Waals surface area contributed by atoms with E-state index in [-0.39, 0.29) is 52.5 Å². The fourth-order valence-corrected chi connectivity index (χ4v) is 7.99. The third-order valence-electron chi connectivity index (χ3n) is 10.1. The summed E-state index contributed by atoms with van der Waals surface area (Å²) in [6.07, 6.45) is 11.1. The first-order valence-electron chi connectivity index (χ1n) is 15.9. The Kier molecular flexibility index (Phi) is 7.74. The lowest BCUT2D eigenvalue weighted by atomic mass is 9.76. The molecule has 3 aliphatic rings. The zero-order chi connectivity index (χ0) is 32.2. The van der Waals surface area contributed by atoms with Crippen LogP contribution in [0.1, 0.15) is 44.6 Å². The van der Waals surface area contributed by atoms with Gasteiger partial charge in [0.1, 0.15) is 28.5 Å². The topological polar surface area (TPSA) is 91.2 Å². The second kappa shape index (κ2) is 11.6. The molecule has 240 valence electrons. The van der Waals surface area contributed by atoms with Crippen molar-refractivity contribution in [3.63, 3.8) is 0 Å². The van der Waals surface area contributed by atoms with E-state index in [0.29, 0.717) is 47.8 Å². The van der Waals surface area contributed by atoms with Gasteiger partial charge in [0.05, 0.1) is 31.9 Å². The highest BCUT2D eigenvalue weighted by Gasteiger charge is 2.47. The molecule has 0 spiro atoms. The van der Waals surface area contributed by atoms with Crippen molar-refractivity contribution in [3.8, 4) is 35.2 Å². The van der Waals surface area contributed by atoms with Gasteiger partial charge >= 0.3 is 6.01 Å². The molecule has 2 aliphatic heterocycles. The van der Waals surface area contributed by atoms with E-state index in [4.69, 9.17) is 20.9 Å². The molecule has 2 N–H and O–H groups in total. The van der Waals surface area contributed by atoms with Crippen LogP contribution in [0.25, 0.3) is 32.8 Å². The number of ether oxygens (including phenoxy) is 2. The number of halogens is 2. The third-order valence-corrected chi connectivity index (χ3v) is 10.1. The van der Waals surface area contributed by atoms with Gasteiger partial charge in [-0.1, -0.05) is 24.5 Å². The van der Waals surface area contributed by atoms with Crippen molar-refractivity contribution in [2.24, 2.45) is 5.41 Å². The highest BCUT2D eigenvalue weighted by molar-refractivity contribution is 6.04. The summed E-state index contributed by atoms with van der Waals surface area (Å²) >= 11 is 0. The highest BCUT2D eigenvalue weighted by Crippen LogP contribution is 2.48. The van der Waals surface area contributed by atoms with Crippen molar-refractivity contribution in [1.82, 2.24) is 14.9 Å². The van der Waals surface area contributed by atoms with Crippen LogP contribution < -0.4 is 9.64 Å². The molecule has 1 saturated carbocycles. The molecule has 3 fully saturated rings. The number of hydrogen-bond acceptors (Lipinski definition) is 8. The van der Waals surface area contributed by atoms with Crippen molar-refractivity contribution in [1.29, 1.82) is 0 Å². The van der Waals surface area contributed by atoms with Crippen LogP contribution in [0.4, 0.5) is 14.6 Å². The smallest absolute Gasteiger partial charge is 0.319 e. The monoisotopic (exact) mass is 628 g/mol. The fourth-order valence-electron chi connectivity index (χ4n) is 7.99. The van der Waals surface area contributed by atoms with Gasteiger partial charge < -0.3 is 29.5 Å². The van der Waals surface area contributed by atoms with E-state index in [9.17, 15) is 14.6 Å². The van der Waals surface area contributed by atoms with E-state index in [1.54, 1.807) is 19.1 Å². The van der Waals surface area contributed by atoms with Crippen LogP contribution in [-0.2, 0) is 4.74 Å². The Hall–Kier alpha value is -4.04. The van der Waals surface area contributed by atoms with Crippen LogP contribution in [0.15, 0.2) is 36.4 Å². The summed E-state index contributed by atoms with van der Waals surface area (Å²) < 4.78 is 43.8. The molecule has 46 heavy (non-hydrogen) atoms. The van der Waals surface area contributed by atoms with Crippen LogP contribution in [0.3, 0.4) is 0 Å². The normalized spacial score (nSPS) is 25.4. The molecule has 0 bridgehead atoms. The molecule has 10 heteroatoms. The number of aromatic nitrogens is 2. The number of piperidine rings is 1. The molecule has 3 atom stereocenters. The number of anilines is 1. The number of rotatable bonds is 5. The Bertz CT molecular complexity index is 1880. The summed E-state index contributed by atoms with van der Waals surface area (Å²) in [5.41, 5.74) is -0.851. The summed E-state index contributed by atoms with van der Waals surface area (Å²) in [4.78, 5) is 13.8. The number of aromatic hydroxyl groups is 1. The van der Waals surface area contributed by atoms with Crippen LogP contribution >= 0.6 is 0 Å². The molecule has 1 aromatic heterocycles. The molecular formula is C36H38F2N4O4. The summed E-state index contributed by atoms with van der Waals surface area (Å²) in [7, 11) is 2.17. The summed E-state index contributed by atoms with van der Waals surface area (Å²) in [5.74, 6) is 1.41. The number of aliphatic hydroxyl groups is 1. The van der Waals surface area contributed by atoms with Crippen LogP contribution in [0.5, 0.6) is 11.8 Å². The fraction of sp³-hybridized carbons (Fsp3) is 0.444. The van der Waals surface area contributed by atoms with Crippen LogP contribution in [-0.4, -0.2) is 83.2 Å². The number of β-amino-alcohol motifs (C(OH)–C–C–N with tert-alkyl or cyclic N) is 1. The maximum absolute atomic E-state index is 16.9. The quantitative estimate of drug-likeness (QED) is 0.275. The predicted molar refractivity (Wildman–Crippen MR) is 173 cm³/mol. The van der Waals surface area contributed by atoms with Gasteiger partial charge in [-0.2, -0.15) is 9.97 Å². The lowest BCUT2D eigenvalue weighted by molar-refractivity contribution is -0.0123. The SMILES string of the molecule is C#Cc1c(F)ccc2cc(O)cc(-c3ccc4c(N5CCOCC(C)(O)C5)nc(OC[C@]56CCC[C@H]5N(C)CCC6)nc4c3F)c12. The van der Waals surface area contributed by atoms with Crippen molar-refractivity contribution in [2.75, 3.05) is 51.4 Å². The Morgan fingerprint density at radius 3 is 2.76 bits per heavy atom. The molecule has 3 aromatic carbocycles. The van der Waals surface area contributed by atoms with Crippen molar-refractivity contribution in [2.45, 2.75) is 50.7 Å². The number of benzene rings is 3. The Labute approximate surface area is 267 Å². The molecule has 8 nitrogen and oxygen atoms in total. The van der Waals surface area contributed by atoms with E-state index >= 15 is 4.39 Å². The molecule has 0 amide bonds. The molecule has 3 heterocycles. The molecule has 7 rings (SSSR count). The predicted octanol–water partition coefficient (Wildman–Crippen LogP) is 5.65. The zero-order valence-electron chi connectivity index (χ0n) is 26.2. The minimum absolute atomic E-state index is 0.0127. The van der Waals surface area contributed by atoms with E-state index in [2.05, 4.69) is 22.9 Å². The first-order chi connectivity index (χ1) is 22.1. The number of phenols is 1. The zero-order valence-corrected chi connectivity index (χ0v) is 26.2. The minimum Gasteiger partial charge on any atom is -0.508 e. The average molecular weight is 629 g/mol. The molecule has 0 radical (unpaired) electrons. The van der Waals surface area contributed by atoms with Gasteiger partial charge in [-0.25, -0.2) is 8.78 Å². The summed E-state index contributed by atoms with van der Waals surface area (Å²) in [6, 6.07) is 9.33. The van der Waals surface area contributed by atoms with Gasteiger partial charge in [0.25, 0.3) is 0 Å². The Balaban J connectivity index is 1.39. The average Bonchev–Trinajstić information content (AvgIpc) is 3.38. The van der Waals surface area contributed by atoms with Crippen molar-refractivity contribution < 1.29 is 28.5 Å². The van der Waals surface area contributed by atoms with Gasteiger partial charge in [0.2, 0.25) is 0 Å². The molecular weight excluding hydrogens is 590 g/mol. The molecule has 2 saturated heterocycles. The molecule has 4 aromatic rings. The largest absolute Gasteiger partial charge is 0.508 e. The highest BCUT2D eigenvalue weighted by atomic mass is 19.1. The Morgan fingerprint density at radius 1 is 1.11 bits per heavy atom. The number of phenolic OH excluding ortho intramolecular Hbond substituents is 1. The van der Waals surface area contributed by atoms with E-state index in [1.165, 1.54) is 24.3 Å². The summed E-state index contributed by atoms with van der Waals surface area (Å²) in [5, 5.41) is 22.8. The minimum atomic E-state index is -1.16. The number of fused-ring (bicyclic) bond motifs is 3. The van der Waals surface area contributed by atoms with E-state index in [0.717, 1.165) is 38.6 Å². The van der Waals surface area contributed by atoms with Gasteiger partial charge in [-0.05, 0) is 81.4 Å².